The molecule has 0 saturated carbocycles. The summed E-state index contributed by atoms with van der Waals surface area (Å²) in [5.74, 6) is 0. The summed E-state index contributed by atoms with van der Waals surface area (Å²) in [6, 6.07) is 85.5. The van der Waals surface area contributed by atoms with Gasteiger partial charge in [0.05, 0.1) is 5.41 Å². The van der Waals surface area contributed by atoms with E-state index in [1.54, 1.807) is 0 Å². The van der Waals surface area contributed by atoms with Crippen molar-refractivity contribution in [2.24, 2.45) is 0 Å². The van der Waals surface area contributed by atoms with Gasteiger partial charge in [-0.25, -0.2) is 0 Å². The third-order valence-electron chi connectivity index (χ3n) is 12.7. The van der Waals surface area contributed by atoms with Crippen LogP contribution in [-0.2, 0) is 5.41 Å². The van der Waals surface area contributed by atoms with Gasteiger partial charge in [-0.15, -0.1) is 11.3 Å². The minimum absolute atomic E-state index is 0.470. The predicted molar refractivity (Wildman–Crippen MR) is 256 cm³/mol. The van der Waals surface area contributed by atoms with Crippen molar-refractivity contribution in [3.63, 3.8) is 0 Å². The summed E-state index contributed by atoms with van der Waals surface area (Å²) < 4.78 is 2.65. The summed E-state index contributed by atoms with van der Waals surface area (Å²) in [6.07, 6.45) is 0. The molecule has 0 aliphatic heterocycles. The van der Waals surface area contributed by atoms with Crippen LogP contribution in [-0.4, -0.2) is 0 Å². The first-order valence-electron chi connectivity index (χ1n) is 20.7. The molecule has 0 nitrogen and oxygen atoms in total. The minimum Gasteiger partial charge on any atom is -0.134 e. The lowest BCUT2D eigenvalue weighted by atomic mass is 9.67. The first-order chi connectivity index (χ1) is 29.8. The molecule has 0 saturated heterocycles. The molecule has 1 aromatic heterocycles. The molecule has 12 rings (SSSR count). The van der Waals surface area contributed by atoms with Gasteiger partial charge in [0.15, 0.2) is 0 Å². The van der Waals surface area contributed by atoms with Gasteiger partial charge >= 0.3 is 0 Å². The van der Waals surface area contributed by atoms with Gasteiger partial charge in [-0.05, 0) is 113 Å². The van der Waals surface area contributed by atoms with Gasteiger partial charge in [-0.3, -0.25) is 0 Å². The van der Waals surface area contributed by atoms with Gasteiger partial charge in [0.2, 0.25) is 0 Å². The zero-order valence-electron chi connectivity index (χ0n) is 32.8. The Bertz CT molecular complexity index is 3360. The smallest absolute Gasteiger partial charge is 0.0713 e. The lowest BCUT2D eigenvalue weighted by Gasteiger charge is -2.34. The quantitative estimate of drug-likeness (QED) is 0.158. The Balaban J connectivity index is 1.13. The van der Waals surface area contributed by atoms with E-state index in [0.29, 0.717) is 0 Å². The molecule has 280 valence electrons. The highest BCUT2D eigenvalue weighted by atomic mass is 32.1. The van der Waals surface area contributed by atoms with Crippen molar-refractivity contribution in [1.82, 2.24) is 0 Å². The summed E-state index contributed by atoms with van der Waals surface area (Å²) in [5.41, 5.74) is 17.1. The molecular formula is C59H38S. The largest absolute Gasteiger partial charge is 0.134 e. The van der Waals surface area contributed by atoms with Gasteiger partial charge in [0.25, 0.3) is 0 Å². The molecule has 0 fully saturated rings. The van der Waals surface area contributed by atoms with Crippen molar-refractivity contribution < 1.29 is 0 Å². The van der Waals surface area contributed by atoms with E-state index in [1.165, 1.54) is 109 Å². The summed E-state index contributed by atoms with van der Waals surface area (Å²) in [6.45, 7) is 0. The molecule has 0 unspecified atom stereocenters. The second-order valence-corrected chi connectivity index (χ2v) is 17.0. The van der Waals surface area contributed by atoms with Crippen molar-refractivity contribution in [3.05, 3.63) is 253 Å². The van der Waals surface area contributed by atoms with E-state index in [0.717, 1.165) is 0 Å². The Hall–Kier alpha value is -7.32. The van der Waals surface area contributed by atoms with Gasteiger partial charge in [-0.2, -0.15) is 0 Å². The standard InChI is InChI=1S/C59H38S/c1-5-18-39(19-6-1)43-34-44(41-32-33-51-50-28-15-16-31-54(50)59(55(51)38-41,46-23-9-3-10-24-46)47-25-11-4-12-26-47)36-45(35-43)53-37-42-22-13-14-27-48(42)56-52-30-17-29-49(57(52)60-58(53)56)40-20-7-2-8-21-40/h1-38H. The molecule has 0 atom stereocenters. The first-order valence-corrected chi connectivity index (χ1v) is 21.6. The minimum atomic E-state index is -0.470. The average molecular weight is 779 g/mol. The molecular weight excluding hydrogens is 741 g/mol. The monoisotopic (exact) mass is 778 g/mol. The van der Waals surface area contributed by atoms with Gasteiger partial charge in [0.1, 0.15) is 0 Å². The number of hydrogen-bond acceptors (Lipinski definition) is 1. The highest BCUT2D eigenvalue weighted by Gasteiger charge is 2.46. The fourth-order valence-electron chi connectivity index (χ4n) is 10.1. The number of rotatable bonds is 6. The van der Waals surface area contributed by atoms with E-state index >= 15 is 0 Å². The number of hydrogen-bond donors (Lipinski definition) is 0. The zero-order valence-corrected chi connectivity index (χ0v) is 33.7. The Morgan fingerprint density at radius 1 is 0.283 bits per heavy atom. The summed E-state index contributed by atoms with van der Waals surface area (Å²) in [4.78, 5) is 0. The van der Waals surface area contributed by atoms with Crippen LogP contribution in [0.5, 0.6) is 0 Å². The molecule has 1 aliphatic rings. The van der Waals surface area contributed by atoms with E-state index < -0.39 is 5.41 Å². The van der Waals surface area contributed by atoms with Crippen LogP contribution in [0.2, 0.25) is 0 Å². The van der Waals surface area contributed by atoms with Crippen LogP contribution in [0.3, 0.4) is 0 Å². The maximum Gasteiger partial charge on any atom is 0.0713 e. The molecule has 0 spiro atoms. The molecule has 1 heterocycles. The van der Waals surface area contributed by atoms with Crippen LogP contribution in [0, 0.1) is 0 Å². The van der Waals surface area contributed by atoms with Crippen molar-refractivity contribution >= 4 is 42.3 Å². The van der Waals surface area contributed by atoms with E-state index in [9.17, 15) is 0 Å². The SMILES string of the molecule is c1ccc(-c2cc(-c3ccc4c(c3)C(c3ccccc3)(c3ccccc3)c3ccccc3-4)cc(-c3cc4ccccc4c4c3sc3c(-c5ccccc5)cccc34)c2)cc1. The molecule has 1 aliphatic carbocycles. The molecule has 10 aromatic carbocycles. The Morgan fingerprint density at radius 2 is 0.833 bits per heavy atom. The van der Waals surface area contributed by atoms with Crippen LogP contribution < -0.4 is 0 Å². The highest BCUT2D eigenvalue weighted by molar-refractivity contribution is 7.27. The molecule has 11 aromatic rings. The zero-order chi connectivity index (χ0) is 39.6. The second kappa shape index (κ2) is 13.9. The van der Waals surface area contributed by atoms with E-state index in [1.807, 2.05) is 11.3 Å². The second-order valence-electron chi connectivity index (χ2n) is 16.0. The maximum atomic E-state index is 2.49. The van der Waals surface area contributed by atoms with Crippen molar-refractivity contribution in [2.45, 2.75) is 5.41 Å². The van der Waals surface area contributed by atoms with Crippen molar-refractivity contribution in [3.8, 4) is 55.6 Å². The third kappa shape index (κ3) is 5.30. The third-order valence-corrected chi connectivity index (χ3v) is 14.0. The van der Waals surface area contributed by atoms with Crippen LogP contribution >= 0.6 is 11.3 Å². The van der Waals surface area contributed by atoms with Crippen LogP contribution in [0.4, 0.5) is 0 Å². The lowest BCUT2D eigenvalue weighted by Crippen LogP contribution is -2.28. The molecule has 0 bridgehead atoms. The van der Waals surface area contributed by atoms with Crippen LogP contribution in [0.25, 0.3) is 86.6 Å². The number of benzene rings is 10. The summed E-state index contributed by atoms with van der Waals surface area (Å²) >= 11 is 1.93. The van der Waals surface area contributed by atoms with E-state index in [2.05, 4.69) is 231 Å². The summed E-state index contributed by atoms with van der Waals surface area (Å²) in [7, 11) is 0. The first kappa shape index (κ1) is 34.7. The molecule has 0 amide bonds. The van der Waals surface area contributed by atoms with Crippen LogP contribution in [0.1, 0.15) is 22.3 Å². The van der Waals surface area contributed by atoms with Gasteiger partial charge in [-0.1, -0.05) is 200 Å². The van der Waals surface area contributed by atoms with Crippen molar-refractivity contribution in [2.75, 3.05) is 0 Å². The number of fused-ring (bicyclic) bond motifs is 8. The average Bonchev–Trinajstić information content (AvgIpc) is 3.87. The lowest BCUT2D eigenvalue weighted by molar-refractivity contribution is 0.769. The summed E-state index contributed by atoms with van der Waals surface area (Å²) in [5, 5.41) is 5.19. The highest BCUT2D eigenvalue weighted by Crippen LogP contribution is 2.57. The predicted octanol–water partition coefficient (Wildman–Crippen LogP) is 16.2. The Kier molecular flexibility index (Phi) is 8.04. The molecule has 0 radical (unpaired) electrons. The normalized spacial score (nSPS) is 12.8. The molecule has 60 heavy (non-hydrogen) atoms. The fraction of sp³-hybridized carbons (Fsp3) is 0.0169. The van der Waals surface area contributed by atoms with E-state index in [-0.39, 0.29) is 0 Å². The number of thiophene rings is 1. The van der Waals surface area contributed by atoms with Gasteiger partial charge in [0, 0.05) is 25.7 Å². The Labute approximate surface area is 354 Å². The fourth-order valence-corrected chi connectivity index (χ4v) is 11.5. The van der Waals surface area contributed by atoms with Crippen molar-refractivity contribution in [1.29, 1.82) is 0 Å². The Morgan fingerprint density at radius 3 is 1.57 bits per heavy atom. The van der Waals surface area contributed by atoms with E-state index in [4.69, 9.17) is 0 Å². The maximum absolute atomic E-state index is 2.49. The topological polar surface area (TPSA) is 0 Å². The van der Waals surface area contributed by atoms with Gasteiger partial charge < -0.3 is 0 Å². The van der Waals surface area contributed by atoms with Crippen LogP contribution in [0.15, 0.2) is 231 Å². The molecule has 0 N–H and O–H groups in total. The molecule has 1 heteroatoms.